The lowest BCUT2D eigenvalue weighted by Gasteiger charge is -2.14. The van der Waals surface area contributed by atoms with Crippen LogP contribution in [0.4, 0.5) is 0 Å². The first-order valence-electron chi connectivity index (χ1n) is 3.80. The summed E-state index contributed by atoms with van der Waals surface area (Å²) in [6, 6.07) is 0. The van der Waals surface area contributed by atoms with Gasteiger partial charge in [-0.25, -0.2) is 0 Å². The zero-order chi connectivity index (χ0) is 8.69. The number of nitrogens with one attached hydrogen (secondary N) is 1. The van der Waals surface area contributed by atoms with Gasteiger partial charge in [0.15, 0.2) is 0 Å². The van der Waals surface area contributed by atoms with Crippen LogP contribution in [-0.4, -0.2) is 44.0 Å². The first kappa shape index (κ1) is 10.4. The van der Waals surface area contributed by atoms with Crippen LogP contribution in [0.15, 0.2) is 0 Å². The van der Waals surface area contributed by atoms with Gasteiger partial charge in [0, 0.05) is 33.1 Å². The number of amides is 1. The first-order chi connectivity index (χ1) is 5.16. The van der Waals surface area contributed by atoms with Gasteiger partial charge in [-0.15, -0.1) is 0 Å². The summed E-state index contributed by atoms with van der Waals surface area (Å²) in [5.41, 5.74) is 5.33. The second-order valence-electron chi connectivity index (χ2n) is 2.57. The maximum absolute atomic E-state index is 10.4. The topological polar surface area (TPSA) is 58.4 Å². The molecular weight excluding hydrogens is 142 g/mol. The number of likely N-dealkylation sites (N-methyl/N-ethyl adjacent to an activating group) is 1. The Kier molecular flexibility index (Phi) is 5.78. The molecule has 0 aliphatic carbocycles. The van der Waals surface area contributed by atoms with Crippen molar-refractivity contribution in [1.82, 2.24) is 10.2 Å². The van der Waals surface area contributed by atoms with Crippen LogP contribution in [0.5, 0.6) is 0 Å². The van der Waals surface area contributed by atoms with Crippen LogP contribution in [0.25, 0.3) is 0 Å². The maximum atomic E-state index is 10.4. The van der Waals surface area contributed by atoms with Crippen molar-refractivity contribution in [3.05, 3.63) is 0 Å². The molecule has 0 spiro atoms. The molecule has 0 bridgehead atoms. The van der Waals surface area contributed by atoms with Crippen LogP contribution >= 0.6 is 0 Å². The van der Waals surface area contributed by atoms with E-state index in [1.807, 2.05) is 7.05 Å². The highest BCUT2D eigenvalue weighted by atomic mass is 16.1. The smallest absolute Gasteiger partial charge is 0.216 e. The van der Waals surface area contributed by atoms with E-state index in [1.54, 1.807) is 0 Å². The number of carbonyl (C=O) groups is 1. The fourth-order valence-corrected chi connectivity index (χ4v) is 0.755. The van der Waals surface area contributed by atoms with Gasteiger partial charge in [-0.2, -0.15) is 0 Å². The fourth-order valence-electron chi connectivity index (χ4n) is 0.755. The van der Waals surface area contributed by atoms with Gasteiger partial charge in [-0.05, 0) is 7.05 Å². The Morgan fingerprint density at radius 3 is 2.64 bits per heavy atom. The van der Waals surface area contributed by atoms with Gasteiger partial charge in [-0.3, -0.25) is 4.79 Å². The lowest BCUT2D eigenvalue weighted by atomic mass is 10.5. The lowest BCUT2D eigenvalue weighted by Crippen LogP contribution is -2.34. The molecule has 4 nitrogen and oxygen atoms in total. The first-order valence-corrected chi connectivity index (χ1v) is 3.80. The molecule has 0 saturated heterocycles. The monoisotopic (exact) mass is 159 g/mol. The summed E-state index contributed by atoms with van der Waals surface area (Å²) in [5, 5.41) is 2.71. The molecule has 0 aliphatic rings. The number of carbonyl (C=O) groups excluding carboxylic acids is 1. The van der Waals surface area contributed by atoms with E-state index in [1.165, 1.54) is 6.92 Å². The third-order valence-electron chi connectivity index (χ3n) is 1.38. The highest BCUT2D eigenvalue weighted by molar-refractivity contribution is 5.72. The molecule has 3 N–H and O–H groups in total. The summed E-state index contributed by atoms with van der Waals surface area (Å²) < 4.78 is 0. The number of hydrogen-bond acceptors (Lipinski definition) is 3. The number of nitrogens with two attached hydrogens (primary N) is 1. The molecule has 66 valence electrons. The predicted octanol–water partition coefficient (Wildman–Crippen LogP) is -0.987. The predicted molar refractivity (Wildman–Crippen MR) is 45.2 cm³/mol. The fraction of sp³-hybridized carbons (Fsp3) is 0.857. The summed E-state index contributed by atoms with van der Waals surface area (Å²) in [5.74, 6) is 0.0196. The standard InChI is InChI=1S/C7H17N3O/c1-7(11)9-4-6-10(2)5-3-8/h3-6,8H2,1-2H3,(H,9,11). The van der Waals surface area contributed by atoms with E-state index < -0.39 is 0 Å². The Labute approximate surface area is 67.7 Å². The molecular formula is C7H17N3O. The van der Waals surface area contributed by atoms with Crippen molar-refractivity contribution in [2.24, 2.45) is 5.73 Å². The van der Waals surface area contributed by atoms with Crippen molar-refractivity contribution in [1.29, 1.82) is 0 Å². The molecule has 4 heteroatoms. The van der Waals surface area contributed by atoms with Crippen molar-refractivity contribution in [2.75, 3.05) is 33.2 Å². The molecule has 0 radical (unpaired) electrons. The third-order valence-corrected chi connectivity index (χ3v) is 1.38. The summed E-state index contributed by atoms with van der Waals surface area (Å²) in [4.78, 5) is 12.5. The van der Waals surface area contributed by atoms with E-state index >= 15 is 0 Å². The molecule has 0 aromatic heterocycles. The lowest BCUT2D eigenvalue weighted by molar-refractivity contribution is -0.118. The van der Waals surface area contributed by atoms with Crippen LogP contribution in [0.1, 0.15) is 6.92 Å². The molecule has 11 heavy (non-hydrogen) atoms. The van der Waals surface area contributed by atoms with Crippen LogP contribution < -0.4 is 11.1 Å². The summed E-state index contributed by atoms with van der Waals surface area (Å²) in [7, 11) is 1.98. The molecule has 1 amide bonds. The summed E-state index contributed by atoms with van der Waals surface area (Å²) >= 11 is 0. The second-order valence-corrected chi connectivity index (χ2v) is 2.57. The normalized spacial score (nSPS) is 10.2. The van der Waals surface area contributed by atoms with E-state index in [0.29, 0.717) is 13.1 Å². The van der Waals surface area contributed by atoms with E-state index in [2.05, 4.69) is 10.2 Å². The molecule has 0 unspecified atom stereocenters. The molecule has 0 saturated carbocycles. The Hall–Kier alpha value is -0.610. The van der Waals surface area contributed by atoms with Gasteiger partial charge >= 0.3 is 0 Å². The van der Waals surface area contributed by atoms with Gasteiger partial charge in [0.05, 0.1) is 0 Å². The van der Waals surface area contributed by atoms with Crippen molar-refractivity contribution in [3.8, 4) is 0 Å². The highest BCUT2D eigenvalue weighted by Crippen LogP contribution is 1.76. The SMILES string of the molecule is CC(=O)NCCN(C)CCN. The molecule has 0 fully saturated rings. The van der Waals surface area contributed by atoms with Gasteiger partial charge in [0.25, 0.3) is 0 Å². The molecule has 0 heterocycles. The minimum atomic E-state index is 0.0196. The Bertz CT molecular complexity index is 116. The van der Waals surface area contributed by atoms with E-state index in [9.17, 15) is 4.79 Å². The number of nitrogens with zero attached hydrogens (tertiary/aromatic N) is 1. The van der Waals surface area contributed by atoms with E-state index in [-0.39, 0.29) is 5.91 Å². The van der Waals surface area contributed by atoms with E-state index in [0.717, 1.165) is 13.1 Å². The maximum Gasteiger partial charge on any atom is 0.216 e. The Balaban J connectivity index is 3.16. The van der Waals surface area contributed by atoms with Gasteiger partial charge in [-0.1, -0.05) is 0 Å². The summed E-state index contributed by atoms with van der Waals surface area (Å²) in [6.45, 7) is 4.61. The zero-order valence-electron chi connectivity index (χ0n) is 7.26. The van der Waals surface area contributed by atoms with Crippen molar-refractivity contribution in [2.45, 2.75) is 6.92 Å². The quantitative estimate of drug-likeness (QED) is 0.541. The van der Waals surface area contributed by atoms with Crippen molar-refractivity contribution in [3.63, 3.8) is 0 Å². The Morgan fingerprint density at radius 2 is 2.18 bits per heavy atom. The Morgan fingerprint density at radius 1 is 1.55 bits per heavy atom. The average Bonchev–Trinajstić information content (AvgIpc) is 1.87. The molecule has 0 aliphatic heterocycles. The number of rotatable bonds is 5. The van der Waals surface area contributed by atoms with Crippen molar-refractivity contribution >= 4 is 5.91 Å². The van der Waals surface area contributed by atoms with Crippen LogP contribution in [0.2, 0.25) is 0 Å². The van der Waals surface area contributed by atoms with Crippen molar-refractivity contribution < 1.29 is 4.79 Å². The minimum Gasteiger partial charge on any atom is -0.355 e. The van der Waals surface area contributed by atoms with Gasteiger partial charge in [0.1, 0.15) is 0 Å². The number of hydrogen-bond donors (Lipinski definition) is 2. The highest BCUT2D eigenvalue weighted by Gasteiger charge is 1.95. The van der Waals surface area contributed by atoms with E-state index in [4.69, 9.17) is 5.73 Å². The van der Waals surface area contributed by atoms with Gasteiger partial charge in [0.2, 0.25) is 5.91 Å². The zero-order valence-corrected chi connectivity index (χ0v) is 7.26. The largest absolute Gasteiger partial charge is 0.355 e. The molecule has 0 rings (SSSR count). The van der Waals surface area contributed by atoms with Gasteiger partial charge < -0.3 is 16.0 Å². The minimum absolute atomic E-state index is 0.0196. The average molecular weight is 159 g/mol. The molecule has 0 atom stereocenters. The van der Waals surface area contributed by atoms with Crippen LogP contribution in [0, 0.1) is 0 Å². The summed E-state index contributed by atoms with van der Waals surface area (Å²) in [6.07, 6.45) is 0. The third kappa shape index (κ3) is 7.29. The van der Waals surface area contributed by atoms with Crippen LogP contribution in [0.3, 0.4) is 0 Å². The molecule has 0 aromatic carbocycles. The molecule has 0 aromatic rings. The second kappa shape index (κ2) is 6.12. The van der Waals surface area contributed by atoms with Crippen LogP contribution in [-0.2, 0) is 4.79 Å².